The molecule has 0 aliphatic heterocycles. The first-order valence-corrected chi connectivity index (χ1v) is 7.61. The van der Waals surface area contributed by atoms with Gasteiger partial charge in [0.25, 0.3) is 0 Å². The number of anilines is 2. The molecule has 0 spiro atoms. The van der Waals surface area contributed by atoms with Crippen molar-refractivity contribution in [2.45, 2.75) is 6.54 Å². The average molecular weight is 296 g/mol. The van der Waals surface area contributed by atoms with Crippen LogP contribution in [-0.4, -0.2) is 17.0 Å². The smallest absolute Gasteiger partial charge is 0.163 e. The lowest BCUT2D eigenvalue weighted by Crippen LogP contribution is -2.04. The summed E-state index contributed by atoms with van der Waals surface area (Å²) in [5, 5.41) is 8.51. The van der Waals surface area contributed by atoms with Crippen LogP contribution in [0.25, 0.3) is 11.4 Å². The van der Waals surface area contributed by atoms with Gasteiger partial charge in [0.2, 0.25) is 0 Å². The Morgan fingerprint density at radius 2 is 1.81 bits per heavy atom. The second-order valence-corrected chi connectivity index (χ2v) is 5.54. The van der Waals surface area contributed by atoms with E-state index in [1.807, 2.05) is 43.4 Å². The number of thiophene rings is 1. The molecule has 0 radical (unpaired) electrons. The van der Waals surface area contributed by atoms with E-state index in [1.165, 1.54) is 4.88 Å². The highest BCUT2D eigenvalue weighted by atomic mass is 32.1. The van der Waals surface area contributed by atoms with Crippen LogP contribution < -0.4 is 10.6 Å². The quantitative estimate of drug-likeness (QED) is 0.750. The van der Waals surface area contributed by atoms with Crippen LogP contribution in [-0.2, 0) is 6.54 Å². The molecule has 2 heterocycles. The normalized spacial score (nSPS) is 10.3. The van der Waals surface area contributed by atoms with Crippen LogP contribution in [0.15, 0.2) is 53.9 Å². The minimum atomic E-state index is 0.719. The first-order valence-electron chi connectivity index (χ1n) is 6.73. The molecule has 0 aliphatic carbocycles. The molecule has 0 atom stereocenters. The Hall–Kier alpha value is -2.40. The third kappa shape index (κ3) is 3.38. The maximum atomic E-state index is 4.59. The first kappa shape index (κ1) is 13.6. The van der Waals surface area contributed by atoms with E-state index in [0.717, 1.165) is 29.6 Å². The van der Waals surface area contributed by atoms with E-state index in [4.69, 9.17) is 0 Å². The molecule has 2 N–H and O–H groups in total. The Morgan fingerprint density at radius 1 is 1.00 bits per heavy atom. The zero-order valence-corrected chi connectivity index (χ0v) is 12.5. The number of rotatable bonds is 5. The molecule has 0 aliphatic rings. The van der Waals surface area contributed by atoms with Crippen molar-refractivity contribution >= 4 is 23.0 Å². The first-order chi connectivity index (χ1) is 10.3. The number of nitrogens with one attached hydrogen (secondary N) is 2. The van der Waals surface area contributed by atoms with Crippen LogP contribution in [0.4, 0.5) is 11.6 Å². The third-order valence-corrected chi connectivity index (χ3v) is 3.91. The van der Waals surface area contributed by atoms with Crippen molar-refractivity contribution in [3.8, 4) is 11.4 Å². The molecule has 0 saturated carbocycles. The molecular weight excluding hydrogens is 280 g/mol. The Bertz CT molecular complexity index is 696. The van der Waals surface area contributed by atoms with Crippen molar-refractivity contribution in [2.24, 2.45) is 0 Å². The number of hydrogen-bond donors (Lipinski definition) is 2. The van der Waals surface area contributed by atoms with Crippen molar-refractivity contribution in [3.05, 3.63) is 58.8 Å². The van der Waals surface area contributed by atoms with Gasteiger partial charge >= 0.3 is 0 Å². The monoisotopic (exact) mass is 296 g/mol. The molecule has 2 aromatic heterocycles. The summed E-state index contributed by atoms with van der Waals surface area (Å²) in [6.07, 6.45) is 0. The van der Waals surface area contributed by atoms with Gasteiger partial charge in [-0.1, -0.05) is 36.4 Å². The van der Waals surface area contributed by atoms with Gasteiger partial charge in [-0.25, -0.2) is 9.97 Å². The standard InChI is InChI=1S/C16H16N4S/c1-17-14-10-15(18-11-13-8-5-9-21-13)20-16(19-14)12-6-3-2-4-7-12/h2-10H,11H2,1H3,(H2,17,18,19,20). The fourth-order valence-corrected chi connectivity index (χ4v) is 2.62. The minimum Gasteiger partial charge on any atom is -0.373 e. The van der Waals surface area contributed by atoms with Crippen molar-refractivity contribution in [1.82, 2.24) is 9.97 Å². The molecule has 4 nitrogen and oxygen atoms in total. The van der Waals surface area contributed by atoms with Gasteiger partial charge in [0, 0.05) is 23.6 Å². The van der Waals surface area contributed by atoms with Gasteiger partial charge in [-0.05, 0) is 11.4 Å². The van der Waals surface area contributed by atoms with Gasteiger partial charge in [-0.15, -0.1) is 11.3 Å². The molecule has 106 valence electrons. The van der Waals surface area contributed by atoms with E-state index in [0.29, 0.717) is 0 Å². The summed E-state index contributed by atoms with van der Waals surface area (Å²) in [6.45, 7) is 0.770. The van der Waals surface area contributed by atoms with E-state index in [9.17, 15) is 0 Å². The van der Waals surface area contributed by atoms with Crippen LogP contribution in [0.3, 0.4) is 0 Å². The van der Waals surface area contributed by atoms with Crippen molar-refractivity contribution in [1.29, 1.82) is 0 Å². The molecule has 0 unspecified atom stereocenters. The zero-order chi connectivity index (χ0) is 14.5. The van der Waals surface area contributed by atoms with Crippen molar-refractivity contribution in [2.75, 3.05) is 17.7 Å². The van der Waals surface area contributed by atoms with Crippen LogP contribution in [0, 0.1) is 0 Å². The minimum absolute atomic E-state index is 0.719. The molecule has 3 rings (SSSR count). The number of hydrogen-bond acceptors (Lipinski definition) is 5. The lowest BCUT2D eigenvalue weighted by atomic mass is 10.2. The van der Waals surface area contributed by atoms with Gasteiger partial charge in [0.15, 0.2) is 5.82 Å². The Morgan fingerprint density at radius 3 is 2.52 bits per heavy atom. The average Bonchev–Trinajstić information content (AvgIpc) is 3.07. The van der Waals surface area contributed by atoms with Crippen molar-refractivity contribution < 1.29 is 0 Å². The zero-order valence-electron chi connectivity index (χ0n) is 11.7. The lowest BCUT2D eigenvalue weighted by Gasteiger charge is -2.09. The molecule has 0 saturated heterocycles. The third-order valence-electron chi connectivity index (χ3n) is 3.04. The Labute approximate surface area is 127 Å². The molecular formula is C16H16N4S. The predicted molar refractivity (Wildman–Crippen MR) is 88.7 cm³/mol. The van der Waals surface area contributed by atoms with Crippen molar-refractivity contribution in [3.63, 3.8) is 0 Å². The summed E-state index contributed by atoms with van der Waals surface area (Å²) in [4.78, 5) is 10.4. The van der Waals surface area contributed by atoms with E-state index in [1.54, 1.807) is 11.3 Å². The van der Waals surface area contributed by atoms with E-state index in [2.05, 4.69) is 38.1 Å². The van der Waals surface area contributed by atoms with Gasteiger partial charge in [0.1, 0.15) is 11.6 Å². The SMILES string of the molecule is CNc1cc(NCc2cccs2)nc(-c2ccccc2)n1. The molecule has 1 aromatic carbocycles. The molecule has 0 fully saturated rings. The highest BCUT2D eigenvalue weighted by molar-refractivity contribution is 7.09. The highest BCUT2D eigenvalue weighted by Crippen LogP contribution is 2.20. The fraction of sp³-hybridized carbons (Fsp3) is 0.125. The van der Waals surface area contributed by atoms with Crippen LogP contribution >= 0.6 is 11.3 Å². The Kier molecular flexibility index (Phi) is 4.12. The van der Waals surface area contributed by atoms with Gasteiger partial charge in [-0.3, -0.25) is 0 Å². The van der Waals surface area contributed by atoms with Crippen LogP contribution in [0.2, 0.25) is 0 Å². The Balaban J connectivity index is 1.86. The number of aromatic nitrogens is 2. The summed E-state index contributed by atoms with van der Waals surface area (Å²) >= 11 is 1.73. The molecule has 5 heteroatoms. The van der Waals surface area contributed by atoms with Gasteiger partial charge in [0.05, 0.1) is 6.54 Å². The second kappa shape index (κ2) is 6.37. The van der Waals surface area contributed by atoms with Gasteiger partial charge < -0.3 is 10.6 Å². The summed E-state index contributed by atoms with van der Waals surface area (Å²) < 4.78 is 0. The largest absolute Gasteiger partial charge is 0.373 e. The lowest BCUT2D eigenvalue weighted by molar-refractivity contribution is 1.10. The highest BCUT2D eigenvalue weighted by Gasteiger charge is 2.06. The second-order valence-electron chi connectivity index (χ2n) is 4.51. The topological polar surface area (TPSA) is 49.8 Å². The number of nitrogens with zero attached hydrogens (tertiary/aromatic N) is 2. The molecule has 21 heavy (non-hydrogen) atoms. The number of benzene rings is 1. The van der Waals surface area contributed by atoms with E-state index >= 15 is 0 Å². The molecule has 0 amide bonds. The maximum Gasteiger partial charge on any atom is 0.163 e. The summed E-state index contributed by atoms with van der Waals surface area (Å²) in [6, 6.07) is 16.1. The molecule has 3 aromatic rings. The maximum absolute atomic E-state index is 4.59. The van der Waals surface area contributed by atoms with Crippen LogP contribution in [0.1, 0.15) is 4.88 Å². The van der Waals surface area contributed by atoms with Crippen LogP contribution in [0.5, 0.6) is 0 Å². The van der Waals surface area contributed by atoms with Gasteiger partial charge in [-0.2, -0.15) is 0 Å². The summed E-state index contributed by atoms with van der Waals surface area (Å²) in [5.74, 6) is 2.34. The van der Waals surface area contributed by atoms with E-state index < -0.39 is 0 Å². The predicted octanol–water partition coefficient (Wildman–Crippen LogP) is 3.86. The summed E-state index contributed by atoms with van der Waals surface area (Å²) in [7, 11) is 1.86. The van der Waals surface area contributed by atoms with E-state index in [-0.39, 0.29) is 0 Å². The fourth-order valence-electron chi connectivity index (χ4n) is 1.97. The summed E-state index contributed by atoms with van der Waals surface area (Å²) in [5.41, 5.74) is 1.01. The molecule has 0 bridgehead atoms.